The first kappa shape index (κ1) is 32.6. The van der Waals surface area contributed by atoms with E-state index in [-0.39, 0.29) is 34.2 Å². The molecule has 1 fully saturated rings. The molecule has 1 N–H and O–H groups in total. The summed E-state index contributed by atoms with van der Waals surface area (Å²) in [7, 11) is 0. The van der Waals surface area contributed by atoms with Crippen molar-refractivity contribution in [3.63, 3.8) is 0 Å². The maximum Gasteiger partial charge on any atom is 0.237 e. The zero-order valence-electron chi connectivity index (χ0n) is 24.7. The van der Waals surface area contributed by atoms with Crippen molar-refractivity contribution in [2.45, 2.75) is 65.8 Å². The molecule has 224 valence electrons. The Bertz CT molecular complexity index is 1500. The van der Waals surface area contributed by atoms with E-state index in [4.69, 9.17) is 46.4 Å². The van der Waals surface area contributed by atoms with Gasteiger partial charge in [0, 0.05) is 33.1 Å². The van der Waals surface area contributed by atoms with Gasteiger partial charge in [0.2, 0.25) is 17.7 Å². The fraction of sp³-hybridized carbons (Fsp3) is 0.424. The highest BCUT2D eigenvalue weighted by molar-refractivity contribution is 6.40. The van der Waals surface area contributed by atoms with Crippen LogP contribution in [0.25, 0.3) is 11.1 Å². The van der Waals surface area contributed by atoms with E-state index in [1.165, 1.54) is 4.90 Å². The second-order valence-electron chi connectivity index (χ2n) is 11.9. The van der Waals surface area contributed by atoms with Gasteiger partial charge in [-0.25, -0.2) is 0 Å². The quantitative estimate of drug-likeness (QED) is 0.229. The van der Waals surface area contributed by atoms with Gasteiger partial charge in [-0.15, -0.1) is 6.58 Å². The normalized spacial score (nSPS) is 23.0. The lowest BCUT2D eigenvalue weighted by atomic mass is 9.68. The minimum absolute atomic E-state index is 0.160. The lowest BCUT2D eigenvalue weighted by molar-refractivity contribution is -0.142. The van der Waals surface area contributed by atoms with Crippen LogP contribution in [0, 0.1) is 23.7 Å². The largest absolute Gasteiger partial charge is 0.324 e. The van der Waals surface area contributed by atoms with E-state index in [0.717, 1.165) is 12.0 Å². The minimum Gasteiger partial charge on any atom is -0.324 e. The Hall–Kier alpha value is -2.31. The summed E-state index contributed by atoms with van der Waals surface area (Å²) in [6.45, 7) is 15.8. The molecular weight excluding hydrogens is 614 g/mol. The predicted octanol–water partition coefficient (Wildman–Crippen LogP) is 9.37. The molecule has 0 radical (unpaired) electrons. The maximum atomic E-state index is 13.7. The third kappa shape index (κ3) is 5.66. The number of anilines is 1. The van der Waals surface area contributed by atoms with Crippen molar-refractivity contribution in [1.29, 1.82) is 0 Å². The number of carbonyl (C=O) groups excluding carboxylic acids is 3. The number of rotatable bonds is 8. The summed E-state index contributed by atoms with van der Waals surface area (Å²) < 4.78 is 0. The summed E-state index contributed by atoms with van der Waals surface area (Å²) in [6, 6.07) is 6.65. The zero-order chi connectivity index (χ0) is 31.3. The van der Waals surface area contributed by atoms with Gasteiger partial charge in [-0.3, -0.25) is 19.3 Å². The second kappa shape index (κ2) is 12.4. The van der Waals surface area contributed by atoms with E-state index in [1.807, 2.05) is 19.9 Å². The fourth-order valence-corrected chi connectivity index (χ4v) is 7.18. The average Bonchev–Trinajstić information content (AvgIpc) is 3.19. The maximum absolute atomic E-state index is 13.7. The number of fused-ring (bicyclic) bond motifs is 1. The number of halogens is 4. The van der Waals surface area contributed by atoms with Gasteiger partial charge in [0.25, 0.3) is 0 Å². The molecule has 1 aliphatic carbocycles. The number of nitrogens with one attached hydrogen (secondary N) is 1. The van der Waals surface area contributed by atoms with Crippen LogP contribution in [-0.2, 0) is 19.8 Å². The Balaban J connectivity index is 1.64. The number of hydrogen-bond acceptors (Lipinski definition) is 3. The predicted molar refractivity (Wildman–Crippen MR) is 173 cm³/mol. The Labute approximate surface area is 268 Å². The van der Waals surface area contributed by atoms with Gasteiger partial charge >= 0.3 is 0 Å². The first-order chi connectivity index (χ1) is 19.7. The van der Waals surface area contributed by atoms with Gasteiger partial charge in [-0.2, -0.15) is 0 Å². The smallest absolute Gasteiger partial charge is 0.237 e. The van der Waals surface area contributed by atoms with Crippen LogP contribution in [0.15, 0.2) is 48.6 Å². The number of hydrogen-bond donors (Lipinski definition) is 1. The average molecular weight is 650 g/mol. The van der Waals surface area contributed by atoms with E-state index in [2.05, 4.69) is 32.7 Å². The molecule has 5 unspecified atom stereocenters. The molecule has 2 aliphatic rings. The Morgan fingerprint density at radius 1 is 1.00 bits per heavy atom. The molecule has 5 nitrogen and oxygen atoms in total. The van der Waals surface area contributed by atoms with E-state index in [1.54, 1.807) is 37.3 Å². The highest BCUT2D eigenvalue weighted by Crippen LogP contribution is 2.47. The SMILES string of the molecule is C=CC1C(C(=O)Nc2cc(Cl)c(-c3cc(Cl)c(C(C)(C)CC)cc3Cl)cc2Cl)C(C)=CC2C(=O)N(C(C)CC)C(=O)C21. The van der Waals surface area contributed by atoms with Gasteiger partial charge in [-0.05, 0) is 61.9 Å². The zero-order valence-corrected chi connectivity index (χ0v) is 27.7. The van der Waals surface area contributed by atoms with Crippen LogP contribution in [0.5, 0.6) is 0 Å². The van der Waals surface area contributed by atoms with E-state index in [9.17, 15) is 14.4 Å². The van der Waals surface area contributed by atoms with Crippen molar-refractivity contribution >= 4 is 69.8 Å². The number of imide groups is 1. The molecule has 0 aromatic heterocycles. The molecule has 5 atom stereocenters. The Morgan fingerprint density at radius 3 is 2.17 bits per heavy atom. The third-order valence-electron chi connectivity index (χ3n) is 9.03. The lowest BCUT2D eigenvalue weighted by Gasteiger charge is -2.34. The first-order valence-electron chi connectivity index (χ1n) is 14.2. The summed E-state index contributed by atoms with van der Waals surface area (Å²) in [5, 5.41) is 4.54. The number of benzene rings is 2. The van der Waals surface area contributed by atoms with Crippen LogP contribution in [-0.4, -0.2) is 28.7 Å². The summed E-state index contributed by atoms with van der Waals surface area (Å²) >= 11 is 26.8. The Kier molecular flexibility index (Phi) is 9.59. The number of nitrogens with zero attached hydrogens (tertiary/aromatic N) is 1. The molecule has 2 aromatic carbocycles. The van der Waals surface area contributed by atoms with Crippen molar-refractivity contribution in [3.8, 4) is 11.1 Å². The molecule has 0 spiro atoms. The summed E-state index contributed by atoms with van der Waals surface area (Å²) in [5.74, 6) is -3.42. The molecule has 0 saturated carbocycles. The lowest BCUT2D eigenvalue weighted by Crippen LogP contribution is -2.41. The molecule has 1 aliphatic heterocycles. The van der Waals surface area contributed by atoms with Crippen LogP contribution < -0.4 is 5.32 Å². The van der Waals surface area contributed by atoms with Crippen LogP contribution in [0.2, 0.25) is 20.1 Å². The number of carbonyl (C=O) groups is 3. The highest BCUT2D eigenvalue weighted by atomic mass is 35.5. The summed E-state index contributed by atoms with van der Waals surface area (Å²) in [6.07, 6.45) is 4.89. The molecule has 1 heterocycles. The minimum atomic E-state index is -0.713. The van der Waals surface area contributed by atoms with Gasteiger partial charge in [-0.1, -0.05) is 91.8 Å². The van der Waals surface area contributed by atoms with Crippen LogP contribution >= 0.6 is 46.4 Å². The number of amides is 3. The van der Waals surface area contributed by atoms with Crippen molar-refractivity contribution < 1.29 is 14.4 Å². The van der Waals surface area contributed by atoms with Crippen LogP contribution in [0.4, 0.5) is 5.69 Å². The third-order valence-corrected chi connectivity index (χ3v) is 10.3. The summed E-state index contributed by atoms with van der Waals surface area (Å²) in [5.41, 5.74) is 2.99. The van der Waals surface area contributed by atoms with Crippen molar-refractivity contribution in [2.75, 3.05) is 5.32 Å². The van der Waals surface area contributed by atoms with Gasteiger partial charge in [0.05, 0.1) is 33.5 Å². The topological polar surface area (TPSA) is 66.5 Å². The number of likely N-dealkylation sites (tertiary alicyclic amines) is 1. The second-order valence-corrected chi connectivity index (χ2v) is 13.5. The van der Waals surface area contributed by atoms with Gasteiger partial charge in [0.1, 0.15) is 0 Å². The van der Waals surface area contributed by atoms with E-state index < -0.39 is 23.7 Å². The van der Waals surface area contributed by atoms with Crippen LogP contribution in [0.1, 0.15) is 59.9 Å². The monoisotopic (exact) mass is 648 g/mol. The molecule has 2 aromatic rings. The molecule has 9 heteroatoms. The van der Waals surface area contributed by atoms with E-state index in [0.29, 0.717) is 43.9 Å². The van der Waals surface area contributed by atoms with Gasteiger partial charge in [0.15, 0.2) is 0 Å². The van der Waals surface area contributed by atoms with E-state index >= 15 is 0 Å². The molecular formula is C33H36Cl4N2O3. The Morgan fingerprint density at radius 2 is 1.60 bits per heavy atom. The van der Waals surface area contributed by atoms with Crippen molar-refractivity contribution in [1.82, 2.24) is 4.90 Å². The summed E-state index contributed by atoms with van der Waals surface area (Å²) in [4.78, 5) is 41.6. The first-order valence-corrected chi connectivity index (χ1v) is 15.7. The molecule has 1 saturated heterocycles. The number of allylic oxidation sites excluding steroid dienone is 1. The standard InChI is InChI=1S/C33H36Cl4N2O3/c1-8-17(5)39-31(41)21-11-16(4)28(18(9-2)29(21)32(39)42)30(40)38-27-15-24(35)20(13-26(27)37)19-12-25(36)22(14-23(19)34)33(6,7)10-3/h9,11-15,17-18,21,28-29H,2,8,10H2,1,3-7H3,(H,38,40). The molecule has 3 amide bonds. The van der Waals surface area contributed by atoms with Gasteiger partial charge < -0.3 is 5.32 Å². The van der Waals surface area contributed by atoms with Crippen molar-refractivity contribution in [3.05, 3.63) is 74.2 Å². The highest BCUT2D eigenvalue weighted by Gasteiger charge is 2.55. The molecule has 42 heavy (non-hydrogen) atoms. The van der Waals surface area contributed by atoms with Crippen LogP contribution in [0.3, 0.4) is 0 Å². The molecule has 0 bridgehead atoms. The fourth-order valence-electron chi connectivity index (χ4n) is 6.02. The van der Waals surface area contributed by atoms with Crippen molar-refractivity contribution in [2.24, 2.45) is 23.7 Å². The molecule has 4 rings (SSSR count).